The molecule has 1 aromatic heterocycles. The first-order valence-corrected chi connectivity index (χ1v) is 7.42. The predicted molar refractivity (Wildman–Crippen MR) is 79.1 cm³/mol. The molecule has 18 heavy (non-hydrogen) atoms. The van der Waals surface area contributed by atoms with Gasteiger partial charge in [0.15, 0.2) is 0 Å². The van der Waals surface area contributed by atoms with E-state index in [9.17, 15) is 0 Å². The van der Waals surface area contributed by atoms with E-state index in [4.69, 9.17) is 0 Å². The summed E-state index contributed by atoms with van der Waals surface area (Å²) in [4.78, 5) is 2.34. The molecular formula is C13H26N4S. The van der Waals surface area contributed by atoms with Crippen molar-refractivity contribution < 1.29 is 0 Å². The van der Waals surface area contributed by atoms with Crippen LogP contribution in [0.15, 0.2) is 0 Å². The van der Waals surface area contributed by atoms with Crippen LogP contribution in [0.25, 0.3) is 0 Å². The third-order valence-corrected chi connectivity index (χ3v) is 4.16. The first kappa shape index (κ1) is 15.4. The molecule has 0 radical (unpaired) electrons. The van der Waals surface area contributed by atoms with E-state index in [1.807, 2.05) is 0 Å². The Morgan fingerprint density at radius 1 is 1.33 bits per heavy atom. The van der Waals surface area contributed by atoms with E-state index in [2.05, 4.69) is 62.1 Å². The van der Waals surface area contributed by atoms with Crippen LogP contribution in [0.1, 0.15) is 46.0 Å². The average molecular weight is 270 g/mol. The van der Waals surface area contributed by atoms with Gasteiger partial charge in [-0.15, -0.1) is 10.2 Å². The highest BCUT2D eigenvalue weighted by atomic mass is 32.1. The average Bonchev–Trinajstić information content (AvgIpc) is 2.71. The van der Waals surface area contributed by atoms with E-state index in [0.29, 0.717) is 6.04 Å². The molecular weight excluding hydrogens is 244 g/mol. The molecule has 5 heteroatoms. The molecule has 0 aromatic carbocycles. The molecule has 0 saturated carbocycles. The van der Waals surface area contributed by atoms with Crippen LogP contribution in [-0.2, 0) is 6.54 Å². The fourth-order valence-corrected chi connectivity index (χ4v) is 2.46. The van der Waals surface area contributed by atoms with Gasteiger partial charge in [0.05, 0.1) is 6.54 Å². The fourth-order valence-electron chi connectivity index (χ4n) is 1.63. The molecule has 0 bridgehead atoms. The Hall–Kier alpha value is -0.680. The largest absolute Gasteiger partial charge is 0.360 e. The standard InChI is InChI=1S/C13H26N4S/c1-7-8-14-12-16-15-11(18-12)9-17(6)10(2)13(3,4)5/h10H,7-9H2,1-6H3,(H,14,16). The van der Waals surface area contributed by atoms with Gasteiger partial charge in [-0.1, -0.05) is 39.0 Å². The highest BCUT2D eigenvalue weighted by Gasteiger charge is 2.24. The summed E-state index contributed by atoms with van der Waals surface area (Å²) < 4.78 is 0. The molecule has 1 heterocycles. The summed E-state index contributed by atoms with van der Waals surface area (Å²) in [5.74, 6) is 0. The molecule has 1 aromatic rings. The van der Waals surface area contributed by atoms with Crippen molar-refractivity contribution in [1.82, 2.24) is 15.1 Å². The third kappa shape index (κ3) is 4.53. The summed E-state index contributed by atoms with van der Waals surface area (Å²) >= 11 is 1.65. The molecule has 0 aliphatic carbocycles. The quantitative estimate of drug-likeness (QED) is 0.861. The van der Waals surface area contributed by atoms with E-state index in [0.717, 1.165) is 29.6 Å². The number of hydrogen-bond acceptors (Lipinski definition) is 5. The summed E-state index contributed by atoms with van der Waals surface area (Å²) in [6.45, 7) is 13.0. The summed E-state index contributed by atoms with van der Waals surface area (Å²) in [6.07, 6.45) is 1.11. The van der Waals surface area contributed by atoms with Gasteiger partial charge >= 0.3 is 0 Å². The van der Waals surface area contributed by atoms with E-state index in [-0.39, 0.29) is 5.41 Å². The highest BCUT2D eigenvalue weighted by molar-refractivity contribution is 7.15. The maximum absolute atomic E-state index is 4.24. The summed E-state index contributed by atoms with van der Waals surface area (Å²) in [7, 11) is 2.15. The van der Waals surface area contributed by atoms with Crippen molar-refractivity contribution in [1.29, 1.82) is 0 Å². The zero-order chi connectivity index (χ0) is 13.8. The van der Waals surface area contributed by atoms with Gasteiger partial charge in [0.25, 0.3) is 0 Å². The fraction of sp³-hybridized carbons (Fsp3) is 0.846. The molecule has 4 nitrogen and oxygen atoms in total. The Bertz CT molecular complexity index is 356. The molecule has 1 atom stereocenters. The molecule has 1 rings (SSSR count). The van der Waals surface area contributed by atoms with E-state index in [1.54, 1.807) is 11.3 Å². The molecule has 1 unspecified atom stereocenters. The minimum atomic E-state index is 0.280. The second-order valence-electron chi connectivity index (χ2n) is 5.88. The van der Waals surface area contributed by atoms with E-state index in [1.165, 1.54) is 0 Å². The van der Waals surface area contributed by atoms with Gasteiger partial charge in [-0.25, -0.2) is 0 Å². The molecule has 0 aliphatic heterocycles. The zero-order valence-electron chi connectivity index (χ0n) is 12.4. The minimum absolute atomic E-state index is 0.280. The lowest BCUT2D eigenvalue weighted by Gasteiger charge is -2.34. The molecule has 1 N–H and O–H groups in total. The normalized spacial score (nSPS) is 13.9. The Kier molecular flexibility index (Phi) is 5.53. The minimum Gasteiger partial charge on any atom is -0.360 e. The monoisotopic (exact) mass is 270 g/mol. The van der Waals surface area contributed by atoms with Crippen molar-refractivity contribution in [2.45, 2.75) is 53.6 Å². The van der Waals surface area contributed by atoms with Crippen molar-refractivity contribution in [2.75, 3.05) is 18.9 Å². The Morgan fingerprint density at radius 3 is 2.56 bits per heavy atom. The van der Waals surface area contributed by atoms with Crippen LogP contribution in [0.4, 0.5) is 5.13 Å². The summed E-state index contributed by atoms with van der Waals surface area (Å²) in [5.41, 5.74) is 0.280. The topological polar surface area (TPSA) is 41.1 Å². The van der Waals surface area contributed by atoms with Crippen molar-refractivity contribution in [3.63, 3.8) is 0 Å². The molecule has 0 spiro atoms. The Morgan fingerprint density at radius 2 is 2.00 bits per heavy atom. The van der Waals surface area contributed by atoms with Crippen LogP contribution in [0, 0.1) is 5.41 Å². The lowest BCUT2D eigenvalue weighted by Crippen LogP contribution is -2.38. The number of rotatable bonds is 6. The number of nitrogens with zero attached hydrogens (tertiary/aromatic N) is 3. The highest BCUT2D eigenvalue weighted by Crippen LogP contribution is 2.25. The lowest BCUT2D eigenvalue weighted by atomic mass is 9.87. The van der Waals surface area contributed by atoms with Gasteiger partial charge in [0, 0.05) is 12.6 Å². The van der Waals surface area contributed by atoms with Gasteiger partial charge in [-0.3, -0.25) is 4.90 Å². The maximum Gasteiger partial charge on any atom is 0.205 e. The van der Waals surface area contributed by atoms with E-state index >= 15 is 0 Å². The third-order valence-electron chi connectivity index (χ3n) is 3.29. The van der Waals surface area contributed by atoms with Crippen molar-refractivity contribution in [3.05, 3.63) is 5.01 Å². The van der Waals surface area contributed by atoms with Crippen LogP contribution < -0.4 is 5.32 Å². The summed E-state index contributed by atoms with van der Waals surface area (Å²) in [5, 5.41) is 13.7. The SMILES string of the molecule is CCCNc1nnc(CN(C)C(C)C(C)(C)C)s1. The first-order valence-electron chi connectivity index (χ1n) is 6.61. The smallest absolute Gasteiger partial charge is 0.205 e. The lowest BCUT2D eigenvalue weighted by molar-refractivity contribution is 0.134. The molecule has 0 fully saturated rings. The number of anilines is 1. The predicted octanol–water partition coefficient (Wildman–Crippen LogP) is 3.23. The first-order chi connectivity index (χ1) is 8.34. The van der Waals surface area contributed by atoms with Crippen molar-refractivity contribution in [3.8, 4) is 0 Å². The Labute approximate surface area is 115 Å². The zero-order valence-corrected chi connectivity index (χ0v) is 13.3. The molecule has 0 amide bonds. The number of nitrogens with one attached hydrogen (secondary N) is 1. The maximum atomic E-state index is 4.24. The number of hydrogen-bond donors (Lipinski definition) is 1. The second kappa shape index (κ2) is 6.48. The number of aromatic nitrogens is 2. The van der Waals surface area contributed by atoms with Gasteiger partial charge in [-0.05, 0) is 25.8 Å². The second-order valence-corrected chi connectivity index (χ2v) is 6.95. The molecule has 0 saturated heterocycles. The van der Waals surface area contributed by atoms with Gasteiger partial charge in [0.2, 0.25) is 5.13 Å². The van der Waals surface area contributed by atoms with Gasteiger partial charge in [-0.2, -0.15) is 0 Å². The van der Waals surface area contributed by atoms with Crippen LogP contribution in [0.2, 0.25) is 0 Å². The summed E-state index contributed by atoms with van der Waals surface area (Å²) in [6, 6.07) is 0.508. The van der Waals surface area contributed by atoms with Crippen molar-refractivity contribution in [2.24, 2.45) is 5.41 Å². The Balaban J connectivity index is 2.54. The van der Waals surface area contributed by atoms with Crippen LogP contribution in [0.3, 0.4) is 0 Å². The van der Waals surface area contributed by atoms with E-state index < -0.39 is 0 Å². The van der Waals surface area contributed by atoms with Crippen LogP contribution >= 0.6 is 11.3 Å². The van der Waals surface area contributed by atoms with Gasteiger partial charge in [0.1, 0.15) is 5.01 Å². The molecule has 104 valence electrons. The van der Waals surface area contributed by atoms with Crippen molar-refractivity contribution >= 4 is 16.5 Å². The molecule has 0 aliphatic rings. The van der Waals surface area contributed by atoms with Crippen LogP contribution in [-0.4, -0.2) is 34.7 Å². The van der Waals surface area contributed by atoms with Gasteiger partial charge < -0.3 is 5.32 Å². The van der Waals surface area contributed by atoms with Crippen LogP contribution in [0.5, 0.6) is 0 Å².